The largest absolute Gasteiger partial charge is 0.454 e. The third kappa shape index (κ3) is 5.92. The van der Waals surface area contributed by atoms with Crippen LogP contribution in [0.1, 0.15) is 37.0 Å². The first-order chi connectivity index (χ1) is 12.7. The SMILES string of the molecule is CC(C)[C@H](NC(=O)c1ccc([N+](=O)[O-])cc1Cl)C(=O)OCC(=O)NC1CC1. The van der Waals surface area contributed by atoms with Crippen molar-refractivity contribution in [3.05, 3.63) is 38.9 Å². The van der Waals surface area contributed by atoms with E-state index in [-0.39, 0.29) is 28.2 Å². The molecule has 1 aromatic carbocycles. The molecule has 0 spiro atoms. The summed E-state index contributed by atoms with van der Waals surface area (Å²) in [6, 6.07) is 2.56. The lowest BCUT2D eigenvalue weighted by molar-refractivity contribution is -0.384. The van der Waals surface area contributed by atoms with Crippen LogP contribution in [0, 0.1) is 16.0 Å². The zero-order valence-electron chi connectivity index (χ0n) is 14.9. The topological polar surface area (TPSA) is 128 Å². The number of nitro benzene ring substituents is 1. The van der Waals surface area contributed by atoms with Crippen LogP contribution in [-0.2, 0) is 14.3 Å². The van der Waals surface area contributed by atoms with E-state index in [2.05, 4.69) is 10.6 Å². The molecule has 2 rings (SSSR count). The van der Waals surface area contributed by atoms with Crippen LogP contribution in [0.5, 0.6) is 0 Å². The molecule has 1 aromatic rings. The molecule has 2 amide bonds. The van der Waals surface area contributed by atoms with Crippen LogP contribution in [0.3, 0.4) is 0 Å². The highest BCUT2D eigenvalue weighted by atomic mass is 35.5. The fraction of sp³-hybridized carbons (Fsp3) is 0.471. The van der Waals surface area contributed by atoms with Crippen LogP contribution >= 0.6 is 11.6 Å². The Balaban J connectivity index is 1.99. The minimum absolute atomic E-state index is 0.00723. The first kappa shape index (κ1) is 20.6. The minimum Gasteiger partial charge on any atom is -0.454 e. The molecular weight excluding hydrogens is 378 g/mol. The first-order valence-electron chi connectivity index (χ1n) is 8.40. The predicted octanol–water partition coefficient (Wildman–Crippen LogP) is 1.82. The highest BCUT2D eigenvalue weighted by Gasteiger charge is 2.29. The third-order valence-corrected chi connectivity index (χ3v) is 4.22. The average Bonchev–Trinajstić information content (AvgIpc) is 3.40. The molecule has 1 aliphatic carbocycles. The van der Waals surface area contributed by atoms with E-state index in [1.807, 2.05) is 0 Å². The van der Waals surface area contributed by atoms with Crippen LogP contribution in [0.15, 0.2) is 18.2 Å². The highest BCUT2D eigenvalue weighted by Crippen LogP contribution is 2.23. The van der Waals surface area contributed by atoms with Gasteiger partial charge in [-0.1, -0.05) is 25.4 Å². The Bertz CT molecular complexity index is 763. The van der Waals surface area contributed by atoms with Crippen LogP contribution in [0.2, 0.25) is 5.02 Å². The van der Waals surface area contributed by atoms with Gasteiger partial charge in [-0.05, 0) is 24.8 Å². The number of benzene rings is 1. The number of nitrogens with one attached hydrogen (secondary N) is 2. The Morgan fingerprint density at radius 2 is 2.00 bits per heavy atom. The van der Waals surface area contributed by atoms with Gasteiger partial charge in [-0.25, -0.2) is 4.79 Å². The van der Waals surface area contributed by atoms with Crippen molar-refractivity contribution >= 4 is 35.1 Å². The van der Waals surface area contributed by atoms with E-state index >= 15 is 0 Å². The van der Waals surface area contributed by atoms with Gasteiger partial charge in [-0.3, -0.25) is 19.7 Å². The van der Waals surface area contributed by atoms with Crippen molar-refractivity contribution in [2.45, 2.75) is 38.8 Å². The summed E-state index contributed by atoms with van der Waals surface area (Å²) in [5.41, 5.74) is -0.259. The van der Waals surface area contributed by atoms with Crippen molar-refractivity contribution in [3.63, 3.8) is 0 Å². The Hall–Kier alpha value is -2.68. The highest BCUT2D eigenvalue weighted by molar-refractivity contribution is 6.34. The van der Waals surface area contributed by atoms with Crippen molar-refractivity contribution in [1.82, 2.24) is 10.6 Å². The maximum atomic E-state index is 12.4. The summed E-state index contributed by atoms with van der Waals surface area (Å²) in [6.45, 7) is 2.98. The van der Waals surface area contributed by atoms with E-state index in [1.54, 1.807) is 13.8 Å². The van der Waals surface area contributed by atoms with Gasteiger partial charge < -0.3 is 15.4 Å². The summed E-state index contributed by atoms with van der Waals surface area (Å²) in [5.74, 6) is -2.13. The van der Waals surface area contributed by atoms with Gasteiger partial charge in [0.15, 0.2) is 6.61 Å². The van der Waals surface area contributed by atoms with Gasteiger partial charge in [0, 0.05) is 18.2 Å². The molecule has 1 saturated carbocycles. The van der Waals surface area contributed by atoms with Crippen molar-refractivity contribution in [2.24, 2.45) is 5.92 Å². The number of esters is 1. The summed E-state index contributed by atoms with van der Waals surface area (Å²) in [5, 5.41) is 15.8. The van der Waals surface area contributed by atoms with Gasteiger partial charge >= 0.3 is 5.97 Å². The average molecular weight is 398 g/mol. The molecular formula is C17H20ClN3O6. The second kappa shape index (κ2) is 8.81. The number of carbonyl (C=O) groups is 3. The van der Waals surface area contributed by atoms with E-state index in [0.29, 0.717) is 0 Å². The van der Waals surface area contributed by atoms with E-state index in [1.165, 1.54) is 6.07 Å². The van der Waals surface area contributed by atoms with Gasteiger partial charge in [0.2, 0.25) is 0 Å². The standard InChI is InChI=1S/C17H20ClN3O6/c1-9(2)15(17(24)27-8-14(22)19-10-3-4-10)20-16(23)12-6-5-11(21(25)26)7-13(12)18/h5-7,9-10,15H,3-4,8H2,1-2H3,(H,19,22)(H,20,23)/t15-/m0/s1. The number of hydrogen-bond donors (Lipinski definition) is 2. The molecule has 1 atom stereocenters. The van der Waals surface area contributed by atoms with E-state index in [4.69, 9.17) is 16.3 Å². The summed E-state index contributed by atoms with van der Waals surface area (Å²) < 4.78 is 4.99. The molecule has 27 heavy (non-hydrogen) atoms. The molecule has 0 bridgehead atoms. The molecule has 1 fully saturated rings. The third-order valence-electron chi connectivity index (χ3n) is 3.90. The van der Waals surface area contributed by atoms with Crippen molar-refractivity contribution in [3.8, 4) is 0 Å². The van der Waals surface area contributed by atoms with Gasteiger partial charge in [0.25, 0.3) is 17.5 Å². The molecule has 10 heteroatoms. The first-order valence-corrected chi connectivity index (χ1v) is 8.77. The molecule has 2 N–H and O–H groups in total. The quantitative estimate of drug-likeness (QED) is 0.391. The molecule has 0 unspecified atom stereocenters. The fourth-order valence-electron chi connectivity index (χ4n) is 2.24. The minimum atomic E-state index is -1.00. The number of nitrogens with zero attached hydrogens (tertiary/aromatic N) is 1. The number of nitro groups is 1. The van der Waals surface area contributed by atoms with Crippen LogP contribution in [0.4, 0.5) is 5.69 Å². The smallest absolute Gasteiger partial charge is 0.329 e. The normalized spacial score (nSPS) is 14.4. The van der Waals surface area contributed by atoms with Crippen LogP contribution in [0.25, 0.3) is 0 Å². The molecule has 1 aliphatic rings. The van der Waals surface area contributed by atoms with Gasteiger partial charge in [0.05, 0.1) is 15.5 Å². The number of halogens is 1. The van der Waals surface area contributed by atoms with Crippen molar-refractivity contribution < 1.29 is 24.0 Å². The maximum Gasteiger partial charge on any atom is 0.329 e. The summed E-state index contributed by atoms with van der Waals surface area (Å²) in [7, 11) is 0. The summed E-state index contributed by atoms with van der Waals surface area (Å²) in [6.07, 6.45) is 1.83. The number of non-ortho nitro benzene ring substituents is 1. The van der Waals surface area contributed by atoms with E-state index < -0.39 is 35.4 Å². The van der Waals surface area contributed by atoms with Crippen LogP contribution in [-0.4, -0.2) is 41.4 Å². The number of carbonyl (C=O) groups excluding carboxylic acids is 3. The number of rotatable bonds is 8. The molecule has 0 aromatic heterocycles. The van der Waals surface area contributed by atoms with Crippen LogP contribution < -0.4 is 10.6 Å². The molecule has 0 aliphatic heterocycles. The molecule has 0 radical (unpaired) electrons. The molecule has 9 nitrogen and oxygen atoms in total. The number of amides is 2. The second-order valence-corrected chi connectivity index (χ2v) is 6.97. The monoisotopic (exact) mass is 397 g/mol. The van der Waals surface area contributed by atoms with Gasteiger partial charge in [0.1, 0.15) is 6.04 Å². The Morgan fingerprint density at radius 1 is 1.33 bits per heavy atom. The molecule has 0 heterocycles. The fourth-order valence-corrected chi connectivity index (χ4v) is 2.50. The predicted molar refractivity (Wildman–Crippen MR) is 96.3 cm³/mol. The van der Waals surface area contributed by atoms with E-state index in [9.17, 15) is 24.5 Å². The Morgan fingerprint density at radius 3 is 2.52 bits per heavy atom. The zero-order chi connectivity index (χ0) is 20.1. The van der Waals surface area contributed by atoms with Gasteiger partial charge in [-0.15, -0.1) is 0 Å². The summed E-state index contributed by atoms with van der Waals surface area (Å²) in [4.78, 5) is 46.4. The Kier molecular flexibility index (Phi) is 6.73. The molecule has 0 saturated heterocycles. The Labute approximate surface area is 160 Å². The maximum absolute atomic E-state index is 12.4. The summed E-state index contributed by atoms with van der Waals surface area (Å²) >= 11 is 5.93. The second-order valence-electron chi connectivity index (χ2n) is 6.57. The molecule has 146 valence electrons. The lowest BCUT2D eigenvalue weighted by Crippen LogP contribution is -2.46. The number of hydrogen-bond acceptors (Lipinski definition) is 6. The van der Waals surface area contributed by atoms with Crippen molar-refractivity contribution in [2.75, 3.05) is 6.61 Å². The lowest BCUT2D eigenvalue weighted by Gasteiger charge is -2.21. The van der Waals surface area contributed by atoms with E-state index in [0.717, 1.165) is 25.0 Å². The zero-order valence-corrected chi connectivity index (χ0v) is 15.6. The number of ether oxygens (including phenoxy) is 1. The van der Waals surface area contributed by atoms with Crippen molar-refractivity contribution in [1.29, 1.82) is 0 Å². The lowest BCUT2D eigenvalue weighted by atomic mass is 10.0. The van der Waals surface area contributed by atoms with Gasteiger partial charge in [-0.2, -0.15) is 0 Å².